The Morgan fingerprint density at radius 3 is 2.52 bits per heavy atom. The third-order valence-corrected chi connectivity index (χ3v) is 5.31. The number of fused-ring (bicyclic) bond motifs is 1. The van der Waals surface area contributed by atoms with Gasteiger partial charge in [0.05, 0.1) is 0 Å². The van der Waals surface area contributed by atoms with Crippen molar-refractivity contribution in [3.63, 3.8) is 0 Å². The molecule has 1 saturated heterocycles. The lowest BCUT2D eigenvalue weighted by atomic mass is 10.2. The molecule has 2 aromatic rings. The molecule has 1 aliphatic carbocycles. The summed E-state index contributed by atoms with van der Waals surface area (Å²) >= 11 is 0. The Morgan fingerprint density at radius 2 is 1.76 bits per heavy atom. The number of pyridine rings is 1. The Bertz CT molecular complexity index is 748. The van der Waals surface area contributed by atoms with E-state index in [1.54, 1.807) is 0 Å². The molecular formula is C20H27N5. The molecule has 1 aliphatic heterocycles. The Balaban J connectivity index is 1.76. The first-order chi connectivity index (χ1) is 12.2. The van der Waals surface area contributed by atoms with Crippen molar-refractivity contribution in [3.8, 4) is 11.5 Å². The number of hydrogen-bond donors (Lipinski definition) is 0. The van der Waals surface area contributed by atoms with Crippen LogP contribution in [0, 0.1) is 0 Å². The van der Waals surface area contributed by atoms with Gasteiger partial charge in [-0.2, -0.15) is 0 Å². The summed E-state index contributed by atoms with van der Waals surface area (Å²) in [4.78, 5) is 19.0. The Labute approximate surface area is 150 Å². The smallest absolute Gasteiger partial charge is 0.180 e. The monoisotopic (exact) mass is 337 g/mol. The van der Waals surface area contributed by atoms with Gasteiger partial charge in [0.15, 0.2) is 5.82 Å². The number of anilines is 2. The number of aryl methyl sites for hydroxylation is 1. The van der Waals surface area contributed by atoms with Crippen LogP contribution in [0.5, 0.6) is 0 Å². The van der Waals surface area contributed by atoms with Crippen LogP contribution < -0.4 is 9.80 Å². The van der Waals surface area contributed by atoms with Crippen LogP contribution in [0.25, 0.3) is 11.5 Å². The lowest BCUT2D eigenvalue weighted by Crippen LogP contribution is -2.26. The van der Waals surface area contributed by atoms with Gasteiger partial charge in [0.25, 0.3) is 0 Å². The van der Waals surface area contributed by atoms with Gasteiger partial charge in [-0.3, -0.25) is 4.98 Å². The van der Waals surface area contributed by atoms with Gasteiger partial charge in [-0.1, -0.05) is 12.8 Å². The summed E-state index contributed by atoms with van der Waals surface area (Å²) < 4.78 is 0. The maximum atomic E-state index is 5.01. The molecule has 0 spiro atoms. The topological polar surface area (TPSA) is 45.2 Å². The molecule has 1 fully saturated rings. The van der Waals surface area contributed by atoms with E-state index in [1.165, 1.54) is 49.2 Å². The Hall–Kier alpha value is -2.17. The molecule has 5 nitrogen and oxygen atoms in total. The number of nitrogens with zero attached hydrogens (tertiary/aromatic N) is 5. The summed E-state index contributed by atoms with van der Waals surface area (Å²) in [7, 11) is 4.09. The van der Waals surface area contributed by atoms with Crippen molar-refractivity contribution in [3.05, 3.63) is 29.6 Å². The van der Waals surface area contributed by atoms with E-state index in [4.69, 9.17) is 9.97 Å². The normalized spacial score (nSPS) is 17.3. The minimum atomic E-state index is 0.781. The van der Waals surface area contributed by atoms with Gasteiger partial charge >= 0.3 is 0 Å². The highest BCUT2D eigenvalue weighted by atomic mass is 15.2. The quantitative estimate of drug-likeness (QED) is 0.858. The molecule has 0 amide bonds. The summed E-state index contributed by atoms with van der Waals surface area (Å²) in [5.74, 6) is 1.96. The first kappa shape index (κ1) is 16.3. The lowest BCUT2D eigenvalue weighted by molar-refractivity contribution is 0.726. The molecule has 0 radical (unpaired) electrons. The molecule has 2 aliphatic rings. The van der Waals surface area contributed by atoms with Crippen LogP contribution in [0.2, 0.25) is 0 Å². The zero-order valence-corrected chi connectivity index (χ0v) is 15.3. The molecule has 2 aromatic heterocycles. The number of aromatic nitrogens is 3. The zero-order chi connectivity index (χ0) is 17.2. The highest BCUT2D eigenvalue weighted by Crippen LogP contribution is 2.32. The second kappa shape index (κ2) is 6.98. The van der Waals surface area contributed by atoms with E-state index >= 15 is 0 Å². The average molecular weight is 337 g/mol. The average Bonchev–Trinajstić information content (AvgIpc) is 2.94. The van der Waals surface area contributed by atoms with E-state index in [0.717, 1.165) is 43.1 Å². The van der Waals surface area contributed by atoms with Crippen LogP contribution >= 0.6 is 0 Å². The van der Waals surface area contributed by atoms with Crippen molar-refractivity contribution in [1.29, 1.82) is 0 Å². The molecule has 25 heavy (non-hydrogen) atoms. The van der Waals surface area contributed by atoms with Crippen LogP contribution in [0.3, 0.4) is 0 Å². The van der Waals surface area contributed by atoms with Crippen LogP contribution in [-0.2, 0) is 12.8 Å². The van der Waals surface area contributed by atoms with Crippen molar-refractivity contribution in [2.75, 3.05) is 37.0 Å². The van der Waals surface area contributed by atoms with Gasteiger partial charge in [-0.05, 0) is 44.2 Å². The molecule has 0 N–H and O–H groups in total. The summed E-state index contributed by atoms with van der Waals surface area (Å²) in [5, 5.41) is 0. The molecule has 0 atom stereocenters. The SMILES string of the molecule is CN(C)c1ccnc(-c2nc3c(c(N4CCCCCC4)n2)CCC3)c1. The van der Waals surface area contributed by atoms with Gasteiger partial charge in [0, 0.05) is 50.3 Å². The maximum Gasteiger partial charge on any atom is 0.180 e. The standard InChI is InChI=1S/C20H27N5/c1-24(2)15-10-11-21-18(14-15)19-22-17-9-7-8-16(17)20(23-19)25-12-5-3-4-6-13-25/h10-11,14H,3-9,12-13H2,1-2H3. The van der Waals surface area contributed by atoms with Crippen molar-refractivity contribution >= 4 is 11.5 Å². The number of hydrogen-bond acceptors (Lipinski definition) is 5. The van der Waals surface area contributed by atoms with Crippen LogP contribution in [0.15, 0.2) is 18.3 Å². The summed E-state index contributed by atoms with van der Waals surface area (Å²) in [6, 6.07) is 4.11. The number of rotatable bonds is 3. The molecule has 0 bridgehead atoms. The fourth-order valence-corrected chi connectivity index (χ4v) is 3.89. The van der Waals surface area contributed by atoms with Crippen molar-refractivity contribution in [1.82, 2.24) is 15.0 Å². The maximum absolute atomic E-state index is 5.01. The lowest BCUT2D eigenvalue weighted by Gasteiger charge is -2.24. The molecule has 3 heterocycles. The van der Waals surface area contributed by atoms with Gasteiger partial charge in [-0.25, -0.2) is 9.97 Å². The Morgan fingerprint density at radius 1 is 0.960 bits per heavy atom. The zero-order valence-electron chi connectivity index (χ0n) is 15.3. The highest BCUT2D eigenvalue weighted by Gasteiger charge is 2.24. The minimum Gasteiger partial charge on any atom is -0.378 e. The fraction of sp³-hybridized carbons (Fsp3) is 0.550. The molecule has 0 saturated carbocycles. The van der Waals surface area contributed by atoms with Crippen LogP contribution in [0.1, 0.15) is 43.4 Å². The molecule has 0 aromatic carbocycles. The van der Waals surface area contributed by atoms with E-state index < -0.39 is 0 Å². The summed E-state index contributed by atoms with van der Waals surface area (Å²) in [6.07, 6.45) is 10.4. The predicted octanol–water partition coefficient (Wildman–Crippen LogP) is 3.47. The molecule has 5 heteroatoms. The minimum absolute atomic E-state index is 0.781. The first-order valence-corrected chi connectivity index (χ1v) is 9.51. The largest absolute Gasteiger partial charge is 0.378 e. The van der Waals surface area contributed by atoms with Crippen LogP contribution in [0.4, 0.5) is 11.5 Å². The summed E-state index contributed by atoms with van der Waals surface area (Å²) in [6.45, 7) is 2.24. The van der Waals surface area contributed by atoms with Crippen molar-refractivity contribution in [2.24, 2.45) is 0 Å². The fourth-order valence-electron chi connectivity index (χ4n) is 3.89. The van der Waals surface area contributed by atoms with Gasteiger partial charge in [0.2, 0.25) is 0 Å². The third kappa shape index (κ3) is 3.32. The first-order valence-electron chi connectivity index (χ1n) is 9.51. The van der Waals surface area contributed by atoms with E-state index in [0.29, 0.717) is 0 Å². The van der Waals surface area contributed by atoms with E-state index in [1.807, 2.05) is 26.4 Å². The van der Waals surface area contributed by atoms with E-state index in [2.05, 4.69) is 20.9 Å². The van der Waals surface area contributed by atoms with E-state index in [-0.39, 0.29) is 0 Å². The Kier molecular flexibility index (Phi) is 4.55. The van der Waals surface area contributed by atoms with Crippen LogP contribution in [-0.4, -0.2) is 42.1 Å². The summed E-state index contributed by atoms with van der Waals surface area (Å²) in [5.41, 5.74) is 4.62. The van der Waals surface area contributed by atoms with Gasteiger partial charge < -0.3 is 9.80 Å². The molecule has 0 unspecified atom stereocenters. The van der Waals surface area contributed by atoms with Gasteiger partial charge in [-0.15, -0.1) is 0 Å². The molecular weight excluding hydrogens is 310 g/mol. The van der Waals surface area contributed by atoms with Gasteiger partial charge in [0.1, 0.15) is 11.5 Å². The second-order valence-corrected chi connectivity index (χ2v) is 7.34. The second-order valence-electron chi connectivity index (χ2n) is 7.34. The molecule has 4 rings (SSSR count). The van der Waals surface area contributed by atoms with E-state index in [9.17, 15) is 0 Å². The van der Waals surface area contributed by atoms with Crippen molar-refractivity contribution < 1.29 is 0 Å². The third-order valence-electron chi connectivity index (χ3n) is 5.31. The predicted molar refractivity (Wildman–Crippen MR) is 102 cm³/mol. The molecule has 132 valence electrons. The highest BCUT2D eigenvalue weighted by molar-refractivity contribution is 5.62. The van der Waals surface area contributed by atoms with Crippen molar-refractivity contribution in [2.45, 2.75) is 44.9 Å².